The maximum atomic E-state index is 12.8. The second-order valence-electron chi connectivity index (χ2n) is 7.59. The van der Waals surface area contributed by atoms with Gasteiger partial charge in [-0.15, -0.1) is 0 Å². The number of carbonyl (C=O) groups excluding carboxylic acids is 1. The van der Waals surface area contributed by atoms with E-state index < -0.39 is 5.97 Å². The van der Waals surface area contributed by atoms with Crippen LogP contribution in [-0.4, -0.2) is 28.2 Å². The van der Waals surface area contributed by atoms with Crippen molar-refractivity contribution in [1.29, 1.82) is 0 Å². The standard InChI is InChI=1S/C26H25NO4/c1-5-16-14-27-23-11-9-18(25(28)29)13-21(23)15(4)24(27)22-12-17(19(16)6-2)8-10-20(22)26(30)31-7-3/h5-6,8-13H,7,14H2,1-4H3,(H,28,29)/b16-5-,19-6+. The molecule has 5 heteroatoms. The molecule has 2 aromatic carbocycles. The maximum Gasteiger partial charge on any atom is 0.338 e. The molecule has 0 fully saturated rings. The molecule has 2 bridgehead atoms. The summed E-state index contributed by atoms with van der Waals surface area (Å²) >= 11 is 0. The molecule has 0 atom stereocenters. The number of carboxylic acid groups (broad SMARTS) is 1. The number of aromatic nitrogens is 1. The van der Waals surface area contributed by atoms with Crippen molar-refractivity contribution in [3.63, 3.8) is 0 Å². The Balaban J connectivity index is 2.12. The van der Waals surface area contributed by atoms with Gasteiger partial charge in [0.1, 0.15) is 0 Å². The average Bonchev–Trinajstić information content (AvgIpc) is 3.03. The first kappa shape index (κ1) is 20.7. The first-order valence-electron chi connectivity index (χ1n) is 10.4. The number of allylic oxidation sites excluding steroid dienone is 4. The molecule has 0 unspecified atom stereocenters. The number of aryl methyl sites for hydroxylation is 1. The van der Waals surface area contributed by atoms with Crippen LogP contribution in [0.25, 0.3) is 27.7 Å². The van der Waals surface area contributed by atoms with Gasteiger partial charge >= 0.3 is 11.9 Å². The minimum atomic E-state index is -0.959. The van der Waals surface area contributed by atoms with Crippen molar-refractivity contribution in [2.45, 2.75) is 34.2 Å². The number of esters is 1. The molecule has 0 amide bonds. The van der Waals surface area contributed by atoms with Crippen molar-refractivity contribution in [3.05, 3.63) is 76.4 Å². The average molecular weight is 415 g/mol. The van der Waals surface area contributed by atoms with Crippen LogP contribution < -0.4 is 0 Å². The highest BCUT2D eigenvalue weighted by atomic mass is 16.5. The number of hydrogen-bond acceptors (Lipinski definition) is 3. The van der Waals surface area contributed by atoms with E-state index in [1.54, 1.807) is 19.1 Å². The molecular formula is C26H25NO4. The molecular weight excluding hydrogens is 390 g/mol. The first-order valence-corrected chi connectivity index (χ1v) is 10.4. The Labute approximate surface area is 181 Å². The topological polar surface area (TPSA) is 68.5 Å². The lowest BCUT2D eigenvalue weighted by molar-refractivity contribution is 0.0526. The van der Waals surface area contributed by atoms with E-state index in [-0.39, 0.29) is 11.5 Å². The Hall–Kier alpha value is -3.60. The van der Waals surface area contributed by atoms with Crippen LogP contribution in [0.3, 0.4) is 0 Å². The smallest absolute Gasteiger partial charge is 0.338 e. The fraction of sp³-hybridized carbons (Fsp3) is 0.231. The molecule has 0 aliphatic carbocycles. The molecule has 1 N–H and O–H groups in total. The molecule has 0 saturated carbocycles. The van der Waals surface area contributed by atoms with Crippen LogP contribution in [0.5, 0.6) is 0 Å². The first-order chi connectivity index (χ1) is 14.9. The summed E-state index contributed by atoms with van der Waals surface area (Å²) in [6.07, 6.45) is 4.20. The molecule has 31 heavy (non-hydrogen) atoms. The fourth-order valence-electron chi connectivity index (χ4n) is 4.50. The second kappa shape index (κ2) is 7.91. The van der Waals surface area contributed by atoms with Gasteiger partial charge in [-0.1, -0.05) is 18.2 Å². The lowest BCUT2D eigenvalue weighted by Gasteiger charge is -2.23. The lowest BCUT2D eigenvalue weighted by atomic mass is 9.90. The number of ether oxygens (including phenoxy) is 1. The minimum Gasteiger partial charge on any atom is -0.478 e. The SMILES string of the molecule is C/C=C1\C(=C/C)Cn2c(c(C)c3cc(C(=O)O)ccc32)-c2cc1ccc2C(=O)OCC. The van der Waals surface area contributed by atoms with Gasteiger partial charge in [0, 0.05) is 23.0 Å². The normalized spacial score (nSPS) is 15.6. The predicted octanol–water partition coefficient (Wildman–Crippen LogP) is 5.85. The molecule has 0 spiro atoms. The summed E-state index contributed by atoms with van der Waals surface area (Å²) in [5, 5.41) is 10.3. The molecule has 1 aliphatic rings. The van der Waals surface area contributed by atoms with Gasteiger partial charge in [-0.05, 0) is 80.3 Å². The van der Waals surface area contributed by atoms with E-state index >= 15 is 0 Å². The van der Waals surface area contributed by atoms with Gasteiger partial charge in [0.25, 0.3) is 0 Å². The molecule has 2 heterocycles. The van der Waals surface area contributed by atoms with E-state index in [0.29, 0.717) is 18.7 Å². The summed E-state index contributed by atoms with van der Waals surface area (Å²) in [7, 11) is 0. The summed E-state index contributed by atoms with van der Waals surface area (Å²) in [4.78, 5) is 24.3. The molecule has 3 aromatic rings. The number of carbonyl (C=O) groups is 2. The zero-order chi connectivity index (χ0) is 22.3. The van der Waals surface area contributed by atoms with Crippen molar-refractivity contribution in [1.82, 2.24) is 4.57 Å². The van der Waals surface area contributed by atoms with E-state index in [0.717, 1.165) is 44.4 Å². The Morgan fingerprint density at radius 1 is 1.13 bits per heavy atom. The summed E-state index contributed by atoms with van der Waals surface area (Å²) < 4.78 is 7.51. The van der Waals surface area contributed by atoms with Crippen LogP contribution in [0.2, 0.25) is 0 Å². The number of carboxylic acids is 1. The van der Waals surface area contributed by atoms with E-state index in [2.05, 4.69) is 16.7 Å². The Kier molecular flexibility index (Phi) is 5.27. The fourth-order valence-corrected chi connectivity index (χ4v) is 4.50. The third-order valence-corrected chi connectivity index (χ3v) is 5.96. The minimum absolute atomic E-state index is 0.244. The highest BCUT2D eigenvalue weighted by Gasteiger charge is 2.26. The molecule has 0 radical (unpaired) electrons. The van der Waals surface area contributed by atoms with Crippen molar-refractivity contribution in [3.8, 4) is 11.3 Å². The number of hydrogen-bond donors (Lipinski definition) is 1. The van der Waals surface area contributed by atoms with E-state index in [9.17, 15) is 14.7 Å². The van der Waals surface area contributed by atoms with Crippen LogP contribution in [0.1, 0.15) is 52.6 Å². The molecule has 0 saturated heterocycles. The summed E-state index contributed by atoms with van der Waals surface area (Å²) in [5.74, 6) is -1.32. The van der Waals surface area contributed by atoms with Gasteiger partial charge in [-0.2, -0.15) is 0 Å². The molecule has 5 nitrogen and oxygen atoms in total. The molecule has 1 aromatic heterocycles. The van der Waals surface area contributed by atoms with Crippen molar-refractivity contribution < 1.29 is 19.4 Å². The molecule has 1 aliphatic heterocycles. The van der Waals surface area contributed by atoms with Crippen LogP contribution in [-0.2, 0) is 11.3 Å². The number of benzene rings is 2. The van der Waals surface area contributed by atoms with E-state index in [1.165, 1.54) is 0 Å². The van der Waals surface area contributed by atoms with Gasteiger partial charge in [-0.3, -0.25) is 0 Å². The van der Waals surface area contributed by atoms with Gasteiger partial charge in [-0.25, -0.2) is 9.59 Å². The summed E-state index contributed by atoms with van der Waals surface area (Å²) in [6.45, 7) is 8.73. The summed E-state index contributed by atoms with van der Waals surface area (Å²) in [5.41, 5.74) is 7.68. The van der Waals surface area contributed by atoms with Gasteiger partial charge in [0.05, 0.1) is 23.4 Å². The molecule has 158 valence electrons. The predicted molar refractivity (Wildman–Crippen MR) is 122 cm³/mol. The Morgan fingerprint density at radius 2 is 1.90 bits per heavy atom. The quantitative estimate of drug-likeness (QED) is 0.545. The zero-order valence-electron chi connectivity index (χ0n) is 18.2. The highest BCUT2D eigenvalue weighted by molar-refractivity contribution is 6.03. The van der Waals surface area contributed by atoms with Crippen LogP contribution in [0.4, 0.5) is 0 Å². The molecule has 4 rings (SSSR count). The number of rotatable bonds is 3. The lowest BCUT2D eigenvalue weighted by Crippen LogP contribution is -2.13. The third kappa shape index (κ3) is 3.26. The van der Waals surface area contributed by atoms with E-state index in [4.69, 9.17) is 4.74 Å². The Bertz CT molecular complexity index is 1290. The number of aromatic carboxylic acids is 1. The van der Waals surface area contributed by atoms with Crippen LogP contribution in [0.15, 0.2) is 54.1 Å². The Morgan fingerprint density at radius 3 is 2.55 bits per heavy atom. The third-order valence-electron chi connectivity index (χ3n) is 5.96. The highest BCUT2D eigenvalue weighted by Crippen LogP contribution is 2.41. The maximum absolute atomic E-state index is 12.8. The number of nitrogens with zero attached hydrogens (tertiary/aromatic N) is 1. The summed E-state index contributed by atoms with van der Waals surface area (Å²) in [6, 6.07) is 11.0. The van der Waals surface area contributed by atoms with Crippen molar-refractivity contribution in [2.24, 2.45) is 0 Å². The van der Waals surface area contributed by atoms with Gasteiger partial charge < -0.3 is 14.4 Å². The van der Waals surface area contributed by atoms with E-state index in [1.807, 2.05) is 45.0 Å². The van der Waals surface area contributed by atoms with Crippen molar-refractivity contribution in [2.75, 3.05) is 6.61 Å². The monoisotopic (exact) mass is 415 g/mol. The number of fused-ring (bicyclic) bond motifs is 6. The second-order valence-corrected chi connectivity index (χ2v) is 7.59. The van der Waals surface area contributed by atoms with Crippen LogP contribution in [0, 0.1) is 6.92 Å². The van der Waals surface area contributed by atoms with Gasteiger partial charge in [0.15, 0.2) is 0 Å². The zero-order valence-corrected chi connectivity index (χ0v) is 18.2. The largest absolute Gasteiger partial charge is 0.478 e. The van der Waals surface area contributed by atoms with Crippen LogP contribution >= 0.6 is 0 Å². The van der Waals surface area contributed by atoms with Crippen molar-refractivity contribution >= 4 is 28.4 Å². The van der Waals surface area contributed by atoms with Gasteiger partial charge in [0.2, 0.25) is 0 Å².